The lowest BCUT2D eigenvalue weighted by atomic mass is 10.0. The van der Waals surface area contributed by atoms with Gasteiger partial charge in [0, 0.05) is 45.1 Å². The van der Waals surface area contributed by atoms with E-state index in [2.05, 4.69) is 40.7 Å². The molecule has 0 spiro atoms. The van der Waals surface area contributed by atoms with Gasteiger partial charge < -0.3 is 28.9 Å². The molecule has 0 aromatic carbocycles. The van der Waals surface area contributed by atoms with E-state index in [1.165, 1.54) is 55.2 Å². The van der Waals surface area contributed by atoms with Gasteiger partial charge in [-0.15, -0.1) is 0 Å². The summed E-state index contributed by atoms with van der Waals surface area (Å²) in [5.41, 5.74) is 9.20. The van der Waals surface area contributed by atoms with E-state index >= 15 is 0 Å². The zero-order chi connectivity index (χ0) is 41.0. The van der Waals surface area contributed by atoms with E-state index in [1.54, 1.807) is 0 Å². The fourth-order valence-corrected chi connectivity index (χ4v) is 7.58. The van der Waals surface area contributed by atoms with Crippen molar-refractivity contribution < 1.29 is 46.4 Å². The average Bonchev–Trinajstić information content (AvgIpc) is 3.66. The zero-order valence-corrected chi connectivity index (χ0v) is 36.5. The smallest absolute Gasteiger partial charge is 0.466 e. The number of hydrogen-bond acceptors (Lipinski definition) is 10. The molecule has 3 N–H and O–H groups in total. The fraction of sp³-hybridized carbons (Fsp3) is 0.773. The Morgan fingerprint density at radius 2 is 1.20 bits per heavy atom. The molecule has 0 saturated heterocycles. The van der Waals surface area contributed by atoms with Crippen LogP contribution in [0.25, 0.3) is 0 Å². The summed E-state index contributed by atoms with van der Waals surface area (Å²) in [6.45, 7) is 9.97. The van der Waals surface area contributed by atoms with E-state index in [0.29, 0.717) is 12.8 Å². The van der Waals surface area contributed by atoms with Gasteiger partial charge >= 0.3 is 19.8 Å². The number of furan rings is 2. The minimum Gasteiger partial charge on any atom is -0.466 e. The van der Waals surface area contributed by atoms with Crippen molar-refractivity contribution in [2.75, 3.05) is 26.4 Å². The van der Waals surface area contributed by atoms with Gasteiger partial charge in [0.25, 0.3) is 0 Å². The number of phosphoric ester groups is 1. The summed E-state index contributed by atoms with van der Waals surface area (Å²) in [5.74, 6) is 3.62. The van der Waals surface area contributed by atoms with E-state index in [4.69, 9.17) is 33.1 Å². The maximum Gasteiger partial charge on any atom is 0.472 e. The monoisotopic (exact) mass is 810 g/mol. The van der Waals surface area contributed by atoms with Crippen LogP contribution in [-0.2, 0) is 58.4 Å². The van der Waals surface area contributed by atoms with E-state index < -0.39 is 32.5 Å². The van der Waals surface area contributed by atoms with Gasteiger partial charge in [0.05, 0.1) is 13.2 Å². The molecule has 2 aromatic rings. The molecule has 1 unspecified atom stereocenters. The largest absolute Gasteiger partial charge is 0.472 e. The molecule has 0 fully saturated rings. The first-order valence-corrected chi connectivity index (χ1v) is 23.3. The van der Waals surface area contributed by atoms with Crippen molar-refractivity contribution in [3.63, 3.8) is 0 Å². The molecule has 0 bridgehead atoms. The molecule has 0 aliphatic rings. The first kappa shape index (κ1) is 49.7. The summed E-state index contributed by atoms with van der Waals surface area (Å²) >= 11 is 0. The molecule has 12 heteroatoms. The predicted molar refractivity (Wildman–Crippen MR) is 222 cm³/mol. The summed E-state index contributed by atoms with van der Waals surface area (Å²) < 4.78 is 45.1. The molecule has 0 aliphatic carbocycles. The van der Waals surface area contributed by atoms with Gasteiger partial charge in [-0.25, -0.2) is 4.57 Å². The molecule has 2 aromatic heterocycles. The van der Waals surface area contributed by atoms with Crippen LogP contribution in [0.1, 0.15) is 182 Å². The topological polar surface area (TPSA) is 161 Å². The SMILES string of the molecule is CCCCCc1cc(C)c(CCCCCCCCCCC(=O)OC[C@H](COP(=O)(O)OCCN)OC(=O)CCCCCCCCc2oc(CCC)c(C)c2C)o1. The van der Waals surface area contributed by atoms with Gasteiger partial charge in [0.2, 0.25) is 0 Å². The lowest BCUT2D eigenvalue weighted by Gasteiger charge is -2.19. The van der Waals surface area contributed by atoms with Crippen molar-refractivity contribution in [3.8, 4) is 0 Å². The molecule has 56 heavy (non-hydrogen) atoms. The lowest BCUT2D eigenvalue weighted by molar-refractivity contribution is -0.161. The number of ether oxygens (including phenoxy) is 2. The highest BCUT2D eigenvalue weighted by atomic mass is 31.2. The highest BCUT2D eigenvalue weighted by molar-refractivity contribution is 7.47. The van der Waals surface area contributed by atoms with Crippen molar-refractivity contribution in [1.29, 1.82) is 0 Å². The Hall–Kier alpha value is -2.43. The minimum absolute atomic E-state index is 0.0411. The maximum atomic E-state index is 12.7. The quantitative estimate of drug-likeness (QED) is 0.0387. The number of carbonyl (C=O) groups excluding carboxylic acids is 2. The van der Waals surface area contributed by atoms with E-state index in [-0.39, 0.29) is 32.6 Å². The van der Waals surface area contributed by atoms with Gasteiger partial charge in [0.1, 0.15) is 29.6 Å². The zero-order valence-electron chi connectivity index (χ0n) is 35.6. The molecule has 322 valence electrons. The van der Waals surface area contributed by atoms with Crippen LogP contribution in [0, 0.1) is 20.8 Å². The number of nitrogens with two attached hydrogens (primary N) is 1. The van der Waals surface area contributed by atoms with Gasteiger partial charge in [0.15, 0.2) is 6.10 Å². The molecular formula is C44H76NO10P. The number of carbonyl (C=O) groups is 2. The first-order valence-electron chi connectivity index (χ1n) is 21.8. The summed E-state index contributed by atoms with van der Waals surface area (Å²) in [6, 6.07) is 2.21. The van der Waals surface area contributed by atoms with Crippen LogP contribution in [0.3, 0.4) is 0 Å². The third-order valence-corrected chi connectivity index (χ3v) is 11.3. The van der Waals surface area contributed by atoms with Crippen LogP contribution in [0.2, 0.25) is 0 Å². The molecule has 2 atom stereocenters. The summed E-state index contributed by atoms with van der Waals surface area (Å²) in [6.07, 6.45) is 22.4. The number of aryl methyl sites for hydroxylation is 5. The van der Waals surface area contributed by atoms with Crippen LogP contribution in [0.15, 0.2) is 14.9 Å². The van der Waals surface area contributed by atoms with Crippen molar-refractivity contribution in [2.45, 2.75) is 195 Å². The van der Waals surface area contributed by atoms with Gasteiger partial charge in [-0.2, -0.15) is 0 Å². The molecular weight excluding hydrogens is 733 g/mol. The second-order valence-corrected chi connectivity index (χ2v) is 16.8. The summed E-state index contributed by atoms with van der Waals surface area (Å²) in [5, 5.41) is 0. The van der Waals surface area contributed by atoms with Crippen molar-refractivity contribution in [2.24, 2.45) is 5.73 Å². The Morgan fingerprint density at radius 3 is 1.79 bits per heavy atom. The third-order valence-electron chi connectivity index (χ3n) is 10.3. The van der Waals surface area contributed by atoms with Crippen molar-refractivity contribution >= 4 is 19.8 Å². The molecule has 0 amide bonds. The second-order valence-electron chi connectivity index (χ2n) is 15.4. The fourth-order valence-electron chi connectivity index (χ4n) is 6.81. The number of hydrogen-bond donors (Lipinski definition) is 2. The standard InChI is InChI=1S/C44H76NO10P/c1-6-8-19-25-38-32-35(3)40(53-38)26-20-15-11-9-10-12-17-22-28-43(46)50-33-39(34-52-56(48,49)51-31-30-45)54-44(47)29-23-18-14-13-16-21-27-42-37(5)36(4)41(55-42)24-7-2/h32,39H,6-31,33-34,45H2,1-5H3,(H,48,49)/t39-/m1/s1. The number of rotatable bonds is 35. The third kappa shape index (κ3) is 21.9. The Morgan fingerprint density at radius 1 is 0.661 bits per heavy atom. The second kappa shape index (κ2) is 29.7. The Labute approximate surface area is 338 Å². The Balaban J connectivity index is 1.60. The molecule has 0 radical (unpaired) electrons. The molecule has 2 heterocycles. The lowest BCUT2D eigenvalue weighted by Crippen LogP contribution is -2.29. The molecule has 0 aliphatic heterocycles. The van der Waals surface area contributed by atoms with Crippen LogP contribution >= 0.6 is 7.82 Å². The molecule has 0 saturated carbocycles. The van der Waals surface area contributed by atoms with Crippen LogP contribution < -0.4 is 5.73 Å². The highest BCUT2D eigenvalue weighted by Gasteiger charge is 2.26. The normalized spacial score (nSPS) is 13.2. The van der Waals surface area contributed by atoms with Crippen molar-refractivity contribution in [3.05, 3.63) is 45.8 Å². The highest BCUT2D eigenvalue weighted by Crippen LogP contribution is 2.43. The van der Waals surface area contributed by atoms with Crippen LogP contribution in [-0.4, -0.2) is 49.3 Å². The summed E-state index contributed by atoms with van der Waals surface area (Å²) in [4.78, 5) is 35.1. The van der Waals surface area contributed by atoms with Crippen LogP contribution in [0.5, 0.6) is 0 Å². The first-order chi connectivity index (χ1) is 27.0. The van der Waals surface area contributed by atoms with Gasteiger partial charge in [-0.3, -0.25) is 18.6 Å². The average molecular weight is 810 g/mol. The number of phosphoric acid groups is 1. The number of unbranched alkanes of at least 4 members (excludes halogenated alkanes) is 14. The molecule has 11 nitrogen and oxygen atoms in total. The summed E-state index contributed by atoms with van der Waals surface area (Å²) in [7, 11) is -4.40. The van der Waals surface area contributed by atoms with Gasteiger partial charge in [-0.1, -0.05) is 90.9 Å². The van der Waals surface area contributed by atoms with Gasteiger partial charge in [-0.05, 0) is 82.1 Å². The van der Waals surface area contributed by atoms with Crippen LogP contribution in [0.4, 0.5) is 0 Å². The van der Waals surface area contributed by atoms with E-state index in [1.807, 2.05) is 0 Å². The molecule has 2 rings (SSSR count). The number of esters is 2. The van der Waals surface area contributed by atoms with Crippen molar-refractivity contribution in [1.82, 2.24) is 0 Å². The van der Waals surface area contributed by atoms with E-state index in [0.717, 1.165) is 113 Å². The minimum atomic E-state index is -4.40. The Kier molecular flexibility index (Phi) is 26.4. The van der Waals surface area contributed by atoms with E-state index in [9.17, 15) is 19.0 Å². The predicted octanol–water partition coefficient (Wildman–Crippen LogP) is 11.1. The Bertz CT molecular complexity index is 1400. The maximum absolute atomic E-state index is 12.7.